The Bertz CT molecular complexity index is 790. The highest BCUT2D eigenvalue weighted by atomic mass is 16.5. The van der Waals surface area contributed by atoms with Crippen LogP contribution < -0.4 is 0 Å². The van der Waals surface area contributed by atoms with E-state index in [1.165, 1.54) is 0 Å². The second kappa shape index (κ2) is 5.68. The first kappa shape index (κ1) is 15.1. The van der Waals surface area contributed by atoms with Crippen molar-refractivity contribution in [3.63, 3.8) is 0 Å². The van der Waals surface area contributed by atoms with Crippen LogP contribution >= 0.6 is 0 Å². The van der Waals surface area contributed by atoms with Crippen LogP contribution in [0.1, 0.15) is 25.0 Å². The molecule has 3 fully saturated rings. The number of benzene rings is 1. The average Bonchev–Trinajstić information content (AvgIpc) is 3.31. The van der Waals surface area contributed by atoms with E-state index in [0.717, 1.165) is 50.5 Å². The van der Waals surface area contributed by atoms with E-state index in [9.17, 15) is 4.79 Å². The molecule has 0 unspecified atom stereocenters. The summed E-state index contributed by atoms with van der Waals surface area (Å²) >= 11 is 0. The lowest BCUT2D eigenvalue weighted by molar-refractivity contribution is -0.180. The largest absolute Gasteiger partial charge is 0.354 e. The Morgan fingerprint density at radius 2 is 2.08 bits per heavy atom. The van der Waals surface area contributed by atoms with Gasteiger partial charge in [0.2, 0.25) is 5.91 Å². The molecule has 2 atom stereocenters. The summed E-state index contributed by atoms with van der Waals surface area (Å²) in [4.78, 5) is 16.9. The minimum absolute atomic E-state index is 0.152. The van der Waals surface area contributed by atoms with Crippen molar-refractivity contribution in [2.45, 2.75) is 37.6 Å². The molecule has 1 aromatic carbocycles. The van der Waals surface area contributed by atoms with Crippen molar-refractivity contribution >= 4 is 5.91 Å². The number of carbonyl (C=O) groups is 1. The van der Waals surface area contributed by atoms with Gasteiger partial charge in [-0.25, -0.2) is 4.68 Å². The molecule has 0 aliphatic carbocycles. The van der Waals surface area contributed by atoms with Crippen LogP contribution in [0.5, 0.6) is 0 Å². The molecule has 1 amide bonds. The maximum absolute atomic E-state index is 12.5. The van der Waals surface area contributed by atoms with E-state index in [1.54, 1.807) is 0 Å². The predicted octanol–water partition coefficient (Wildman–Crippen LogP) is 1.80. The predicted molar refractivity (Wildman–Crippen MR) is 92.0 cm³/mol. The van der Waals surface area contributed by atoms with Crippen LogP contribution in [0.25, 0.3) is 5.69 Å². The Balaban J connectivity index is 1.42. The highest BCUT2D eigenvalue weighted by Gasteiger charge is 2.60. The second-order valence-corrected chi connectivity index (χ2v) is 7.10. The zero-order valence-corrected chi connectivity index (χ0v) is 14.2. The zero-order valence-electron chi connectivity index (χ0n) is 14.2. The van der Waals surface area contributed by atoms with Crippen LogP contribution in [0.2, 0.25) is 0 Å². The first-order valence-corrected chi connectivity index (χ1v) is 9.05. The van der Waals surface area contributed by atoms with Crippen LogP contribution in [0.15, 0.2) is 42.6 Å². The Morgan fingerprint density at radius 3 is 2.96 bits per heavy atom. The van der Waals surface area contributed by atoms with E-state index >= 15 is 0 Å². The van der Waals surface area contributed by atoms with E-state index in [4.69, 9.17) is 4.74 Å². The quantitative estimate of drug-likeness (QED) is 0.856. The van der Waals surface area contributed by atoms with Crippen LogP contribution in [-0.4, -0.2) is 57.0 Å². The Labute approximate surface area is 147 Å². The number of likely N-dealkylation sites (tertiary alicyclic amines) is 1. The van der Waals surface area contributed by atoms with Crippen LogP contribution in [0, 0.1) is 0 Å². The molecular weight excluding hydrogens is 316 g/mol. The van der Waals surface area contributed by atoms with Gasteiger partial charge in [-0.3, -0.25) is 9.69 Å². The smallest absolute Gasteiger partial charge is 0.226 e. The third-order valence-electron chi connectivity index (χ3n) is 5.81. The average molecular weight is 338 g/mol. The number of ether oxygens (including phenoxy) is 1. The topological polar surface area (TPSA) is 50.6 Å². The monoisotopic (exact) mass is 338 g/mol. The second-order valence-electron chi connectivity index (χ2n) is 7.10. The fourth-order valence-electron chi connectivity index (χ4n) is 4.68. The van der Waals surface area contributed by atoms with Crippen molar-refractivity contribution in [1.29, 1.82) is 0 Å². The van der Waals surface area contributed by atoms with Gasteiger partial charge in [0.25, 0.3) is 0 Å². The lowest BCUT2D eigenvalue weighted by Crippen LogP contribution is -2.56. The Morgan fingerprint density at radius 1 is 1.20 bits per heavy atom. The Kier molecular flexibility index (Phi) is 3.43. The molecule has 3 aliphatic heterocycles. The minimum atomic E-state index is -0.382. The fourth-order valence-corrected chi connectivity index (χ4v) is 4.68. The van der Waals surface area contributed by atoms with Gasteiger partial charge in [0.15, 0.2) is 5.72 Å². The lowest BCUT2D eigenvalue weighted by atomic mass is 10.0. The molecule has 0 radical (unpaired) electrons. The van der Waals surface area contributed by atoms with Crippen LogP contribution in [0.4, 0.5) is 0 Å². The third-order valence-corrected chi connectivity index (χ3v) is 5.81. The van der Waals surface area contributed by atoms with Crippen molar-refractivity contribution in [3.05, 3.63) is 48.3 Å². The number of nitrogens with zero attached hydrogens (tertiary/aromatic N) is 4. The van der Waals surface area contributed by atoms with Crippen LogP contribution in [0.3, 0.4) is 0 Å². The van der Waals surface area contributed by atoms with Gasteiger partial charge in [0, 0.05) is 38.7 Å². The number of aromatic nitrogens is 2. The number of rotatable bonds is 3. The van der Waals surface area contributed by atoms with Gasteiger partial charge in [-0.05, 0) is 24.6 Å². The summed E-state index contributed by atoms with van der Waals surface area (Å²) in [6.45, 7) is 3.33. The number of para-hydroxylation sites is 1. The minimum Gasteiger partial charge on any atom is -0.354 e. The molecule has 5 rings (SSSR count). The maximum Gasteiger partial charge on any atom is 0.226 e. The van der Waals surface area contributed by atoms with Crippen molar-refractivity contribution in [2.24, 2.45) is 0 Å². The summed E-state index contributed by atoms with van der Waals surface area (Å²) in [5.74, 6) is 0.242. The molecule has 0 N–H and O–H groups in total. The molecule has 3 saturated heterocycles. The molecule has 1 spiro atoms. The standard InChI is InChI=1S/C19H22N4O2/c24-18-13-17-19(22(18)10-4-12-25-19)8-11-21(17)14-16-7-9-20-23(16)15-5-2-1-3-6-15/h1-3,5-7,9,17H,4,8,10-14H2/t17-,19+/m1/s1. The summed E-state index contributed by atoms with van der Waals surface area (Å²) in [5, 5.41) is 4.49. The Hall–Kier alpha value is -2.18. The number of carbonyl (C=O) groups excluding carboxylic acids is 1. The van der Waals surface area contributed by atoms with E-state index in [2.05, 4.69) is 28.2 Å². The molecule has 6 nitrogen and oxygen atoms in total. The van der Waals surface area contributed by atoms with Gasteiger partial charge < -0.3 is 9.64 Å². The number of hydrogen-bond donors (Lipinski definition) is 0. The van der Waals surface area contributed by atoms with Gasteiger partial charge in [-0.2, -0.15) is 5.10 Å². The molecule has 4 heterocycles. The zero-order chi connectivity index (χ0) is 16.9. The van der Waals surface area contributed by atoms with Gasteiger partial charge in [0.1, 0.15) is 0 Å². The van der Waals surface area contributed by atoms with E-state index in [0.29, 0.717) is 6.42 Å². The van der Waals surface area contributed by atoms with Gasteiger partial charge in [-0.15, -0.1) is 0 Å². The maximum atomic E-state index is 12.5. The first-order chi connectivity index (χ1) is 12.3. The van der Waals surface area contributed by atoms with E-state index < -0.39 is 0 Å². The molecule has 2 aromatic rings. The summed E-state index contributed by atoms with van der Waals surface area (Å²) in [6, 6.07) is 12.4. The molecule has 0 saturated carbocycles. The van der Waals surface area contributed by atoms with Crippen molar-refractivity contribution < 1.29 is 9.53 Å². The molecule has 130 valence electrons. The summed E-state index contributed by atoms with van der Waals surface area (Å²) in [7, 11) is 0. The normalized spacial score (nSPS) is 29.0. The highest BCUT2D eigenvalue weighted by Crippen LogP contribution is 2.45. The molecule has 6 heteroatoms. The van der Waals surface area contributed by atoms with E-state index in [1.807, 2.05) is 34.0 Å². The van der Waals surface area contributed by atoms with Crippen molar-refractivity contribution in [3.8, 4) is 5.69 Å². The van der Waals surface area contributed by atoms with E-state index in [-0.39, 0.29) is 17.7 Å². The number of amides is 1. The third kappa shape index (κ3) is 2.24. The van der Waals surface area contributed by atoms with Crippen molar-refractivity contribution in [2.75, 3.05) is 19.7 Å². The molecular formula is C19H22N4O2. The summed E-state index contributed by atoms with van der Waals surface area (Å²) in [5.41, 5.74) is 1.83. The molecule has 0 bridgehead atoms. The van der Waals surface area contributed by atoms with Gasteiger partial charge >= 0.3 is 0 Å². The van der Waals surface area contributed by atoms with Crippen molar-refractivity contribution in [1.82, 2.24) is 19.6 Å². The molecule has 3 aliphatic rings. The first-order valence-electron chi connectivity index (χ1n) is 9.05. The number of hydrogen-bond acceptors (Lipinski definition) is 4. The summed E-state index contributed by atoms with van der Waals surface area (Å²) in [6.07, 6.45) is 4.26. The van der Waals surface area contributed by atoms with Gasteiger partial charge in [0.05, 0.1) is 24.0 Å². The lowest BCUT2D eigenvalue weighted by Gasteiger charge is -2.42. The molecule has 25 heavy (non-hydrogen) atoms. The van der Waals surface area contributed by atoms with Crippen LogP contribution in [-0.2, 0) is 16.1 Å². The molecule has 1 aromatic heterocycles. The SMILES string of the molecule is O=C1C[C@H]2N(Cc3ccnn3-c3ccccc3)CC[C@]23OCCCN13. The fraction of sp³-hybridized carbons (Fsp3) is 0.474. The summed E-state index contributed by atoms with van der Waals surface area (Å²) < 4.78 is 8.18. The highest BCUT2D eigenvalue weighted by molar-refractivity contribution is 5.81. The van der Waals surface area contributed by atoms with Gasteiger partial charge in [-0.1, -0.05) is 18.2 Å².